The molecule has 25 heavy (non-hydrogen) atoms. The summed E-state index contributed by atoms with van der Waals surface area (Å²) in [4.78, 5) is 17.1. The molecule has 1 aliphatic heterocycles. The number of aromatic nitrogens is 3. The van der Waals surface area contributed by atoms with Gasteiger partial charge >= 0.3 is 6.18 Å². The molecule has 6 nitrogen and oxygen atoms in total. The average molecular weight is 358 g/mol. The van der Waals surface area contributed by atoms with E-state index in [-0.39, 0.29) is 37.4 Å². The van der Waals surface area contributed by atoms with E-state index >= 15 is 0 Å². The molecule has 10 heteroatoms. The van der Waals surface area contributed by atoms with E-state index in [1.165, 1.54) is 30.2 Å². The molecular formula is C15H14F4N4O2. The van der Waals surface area contributed by atoms with Crippen molar-refractivity contribution in [1.82, 2.24) is 19.7 Å². The fourth-order valence-electron chi connectivity index (χ4n) is 2.54. The lowest BCUT2D eigenvalue weighted by atomic mass is 10.1. The molecule has 0 N–H and O–H groups in total. The van der Waals surface area contributed by atoms with Gasteiger partial charge in [0.1, 0.15) is 17.4 Å². The van der Waals surface area contributed by atoms with Gasteiger partial charge in [0.15, 0.2) is 0 Å². The quantitative estimate of drug-likeness (QED) is 0.788. The van der Waals surface area contributed by atoms with Crippen molar-refractivity contribution < 1.29 is 27.1 Å². The topological polar surface area (TPSA) is 60.2 Å². The van der Waals surface area contributed by atoms with Gasteiger partial charge in [-0.15, -0.1) is 5.10 Å². The van der Waals surface area contributed by atoms with Crippen LogP contribution in [-0.4, -0.2) is 39.2 Å². The summed E-state index contributed by atoms with van der Waals surface area (Å²) in [6.07, 6.45) is -4.83. The van der Waals surface area contributed by atoms with Crippen LogP contribution in [0.3, 0.4) is 0 Å². The average Bonchev–Trinajstić information content (AvgIpc) is 3.00. The van der Waals surface area contributed by atoms with Crippen molar-refractivity contribution in [2.24, 2.45) is 0 Å². The zero-order valence-electron chi connectivity index (χ0n) is 13.2. The second kappa shape index (κ2) is 6.34. The van der Waals surface area contributed by atoms with E-state index in [4.69, 9.17) is 4.74 Å². The summed E-state index contributed by atoms with van der Waals surface area (Å²) in [5.41, 5.74) is 0.189. The molecule has 134 valence electrons. The minimum absolute atomic E-state index is 0.0575. The second-order valence-electron chi connectivity index (χ2n) is 5.52. The molecule has 0 aliphatic carbocycles. The summed E-state index contributed by atoms with van der Waals surface area (Å²) in [6, 6.07) is 4.15. The lowest BCUT2D eigenvalue weighted by Crippen LogP contribution is -2.39. The number of fused-ring (bicyclic) bond motifs is 1. The van der Waals surface area contributed by atoms with Crippen LogP contribution in [0.2, 0.25) is 0 Å². The number of nitrogens with zero attached hydrogens (tertiary/aromatic N) is 4. The maximum absolute atomic E-state index is 13.9. The van der Waals surface area contributed by atoms with Gasteiger partial charge in [0.2, 0.25) is 5.91 Å². The van der Waals surface area contributed by atoms with Crippen molar-refractivity contribution in [2.75, 3.05) is 13.7 Å². The Kier molecular flexibility index (Phi) is 4.36. The molecule has 1 aromatic heterocycles. The lowest BCUT2D eigenvalue weighted by molar-refractivity contribution is -0.145. The molecule has 1 aromatic carbocycles. The molecule has 2 aromatic rings. The van der Waals surface area contributed by atoms with Crippen molar-refractivity contribution in [2.45, 2.75) is 25.7 Å². The van der Waals surface area contributed by atoms with Gasteiger partial charge in [0.05, 0.1) is 26.6 Å². The predicted molar refractivity (Wildman–Crippen MR) is 77.1 cm³/mol. The van der Waals surface area contributed by atoms with Crippen LogP contribution in [0.25, 0.3) is 0 Å². The number of rotatable bonds is 3. The van der Waals surface area contributed by atoms with E-state index in [0.717, 1.165) is 4.68 Å². The maximum Gasteiger partial charge on any atom is 0.453 e. The zero-order valence-corrected chi connectivity index (χ0v) is 13.2. The minimum Gasteiger partial charge on any atom is -0.497 e. The number of carbonyl (C=O) groups excluding carboxylic acids is 1. The van der Waals surface area contributed by atoms with Gasteiger partial charge in [-0.3, -0.25) is 4.79 Å². The SMILES string of the molecule is COc1ccc(CC(=O)N2CCn3nc(C(F)(F)F)nc3C2)c(F)c1. The molecular weight excluding hydrogens is 344 g/mol. The van der Waals surface area contributed by atoms with E-state index in [9.17, 15) is 22.4 Å². The Morgan fingerprint density at radius 1 is 1.32 bits per heavy atom. The first-order chi connectivity index (χ1) is 11.8. The molecule has 0 radical (unpaired) electrons. The number of alkyl halides is 3. The van der Waals surface area contributed by atoms with Crippen LogP contribution in [0, 0.1) is 5.82 Å². The summed E-state index contributed by atoms with van der Waals surface area (Å²) < 4.78 is 57.9. The zero-order chi connectivity index (χ0) is 18.2. The van der Waals surface area contributed by atoms with E-state index < -0.39 is 23.7 Å². The van der Waals surface area contributed by atoms with Crippen molar-refractivity contribution in [3.8, 4) is 5.75 Å². The molecule has 2 heterocycles. The van der Waals surface area contributed by atoms with Crippen molar-refractivity contribution >= 4 is 5.91 Å². The highest BCUT2D eigenvalue weighted by molar-refractivity contribution is 5.79. The Labute approximate surface area is 140 Å². The minimum atomic E-state index is -4.63. The normalized spacial score (nSPS) is 14.4. The number of hydrogen-bond acceptors (Lipinski definition) is 4. The third kappa shape index (κ3) is 3.57. The molecule has 0 atom stereocenters. The van der Waals surface area contributed by atoms with Crippen LogP contribution in [0.15, 0.2) is 18.2 Å². The molecule has 0 bridgehead atoms. The number of carbonyl (C=O) groups is 1. The van der Waals surface area contributed by atoms with Crippen LogP contribution >= 0.6 is 0 Å². The number of halogens is 4. The van der Waals surface area contributed by atoms with E-state index in [2.05, 4.69) is 10.1 Å². The van der Waals surface area contributed by atoms with Gasteiger partial charge in [-0.05, 0) is 11.6 Å². The molecule has 1 amide bonds. The molecule has 0 saturated carbocycles. The number of ether oxygens (including phenoxy) is 1. The Morgan fingerprint density at radius 3 is 2.72 bits per heavy atom. The van der Waals surface area contributed by atoms with Crippen LogP contribution < -0.4 is 4.74 Å². The standard InChI is InChI=1S/C15H14F4N4O2/c1-25-10-3-2-9(11(16)7-10)6-13(24)22-4-5-23-12(8-22)20-14(21-23)15(17,18)19/h2-3,7H,4-6,8H2,1H3. The van der Waals surface area contributed by atoms with Crippen LogP contribution in [0.5, 0.6) is 5.75 Å². The van der Waals surface area contributed by atoms with Gasteiger partial charge < -0.3 is 9.64 Å². The third-order valence-electron chi connectivity index (χ3n) is 3.87. The van der Waals surface area contributed by atoms with Crippen LogP contribution in [0.4, 0.5) is 17.6 Å². The fourth-order valence-corrected chi connectivity index (χ4v) is 2.54. The number of amides is 1. The largest absolute Gasteiger partial charge is 0.497 e. The summed E-state index contributed by atoms with van der Waals surface area (Å²) in [7, 11) is 1.40. The monoisotopic (exact) mass is 358 g/mol. The van der Waals surface area contributed by atoms with Crippen molar-refractivity contribution in [3.63, 3.8) is 0 Å². The summed E-state index contributed by atoms with van der Waals surface area (Å²) in [6.45, 7) is 0.194. The molecule has 0 spiro atoms. The van der Waals surface area contributed by atoms with Gasteiger partial charge in [-0.25, -0.2) is 14.1 Å². The van der Waals surface area contributed by atoms with Gasteiger partial charge in [0.25, 0.3) is 5.82 Å². The molecule has 0 unspecified atom stereocenters. The highest BCUT2D eigenvalue weighted by Gasteiger charge is 2.38. The van der Waals surface area contributed by atoms with Crippen LogP contribution in [0.1, 0.15) is 17.2 Å². The van der Waals surface area contributed by atoms with Crippen molar-refractivity contribution in [3.05, 3.63) is 41.2 Å². The summed E-state index contributed by atoms with van der Waals surface area (Å²) >= 11 is 0. The molecule has 3 rings (SSSR count). The maximum atomic E-state index is 13.9. The first kappa shape index (κ1) is 17.2. The smallest absolute Gasteiger partial charge is 0.453 e. The van der Waals surface area contributed by atoms with Crippen molar-refractivity contribution in [1.29, 1.82) is 0 Å². The number of methoxy groups -OCH3 is 1. The third-order valence-corrected chi connectivity index (χ3v) is 3.87. The van der Waals surface area contributed by atoms with E-state index in [0.29, 0.717) is 5.75 Å². The number of benzene rings is 1. The highest BCUT2D eigenvalue weighted by Crippen LogP contribution is 2.27. The first-order valence-corrected chi connectivity index (χ1v) is 7.39. The summed E-state index contributed by atoms with van der Waals surface area (Å²) in [5.74, 6) is -1.81. The Bertz CT molecular complexity index is 803. The summed E-state index contributed by atoms with van der Waals surface area (Å²) in [5, 5.41) is 3.40. The van der Waals surface area contributed by atoms with E-state index in [1.807, 2.05) is 0 Å². The van der Waals surface area contributed by atoms with Gasteiger partial charge in [-0.1, -0.05) is 6.07 Å². The first-order valence-electron chi connectivity index (χ1n) is 7.39. The Morgan fingerprint density at radius 2 is 2.08 bits per heavy atom. The second-order valence-corrected chi connectivity index (χ2v) is 5.52. The number of hydrogen-bond donors (Lipinski definition) is 0. The molecule has 1 aliphatic rings. The molecule has 0 saturated heterocycles. The molecule has 0 fully saturated rings. The Hall–Kier alpha value is -2.65. The van der Waals surface area contributed by atoms with Crippen LogP contribution in [-0.2, 0) is 30.5 Å². The van der Waals surface area contributed by atoms with Gasteiger partial charge in [0, 0.05) is 12.6 Å². The van der Waals surface area contributed by atoms with Gasteiger partial charge in [-0.2, -0.15) is 13.2 Å². The fraction of sp³-hybridized carbons (Fsp3) is 0.400. The van der Waals surface area contributed by atoms with E-state index in [1.54, 1.807) is 0 Å². The predicted octanol–water partition coefficient (Wildman–Crippen LogP) is 2.03. The highest BCUT2D eigenvalue weighted by atomic mass is 19.4. The lowest BCUT2D eigenvalue weighted by Gasteiger charge is -2.26. The Balaban J connectivity index is 1.71.